The first-order chi connectivity index (χ1) is 8.56. The Kier molecular flexibility index (Phi) is 6.36. The standard InChI is InChI=1S/C14H20BrNO2/c1-10(9-17)5-4-8-16-14(18)12-6-3-7-13(15)11(12)2/h3,6-7,10,17H,4-5,8-9H2,1-2H3,(H,16,18). The molecule has 18 heavy (non-hydrogen) atoms. The fraction of sp³-hybridized carbons (Fsp3) is 0.500. The van der Waals surface area contributed by atoms with Crippen LogP contribution in [-0.4, -0.2) is 24.2 Å². The molecule has 0 saturated heterocycles. The highest BCUT2D eigenvalue weighted by Crippen LogP contribution is 2.19. The predicted molar refractivity (Wildman–Crippen MR) is 76.7 cm³/mol. The Balaban J connectivity index is 2.44. The first-order valence-electron chi connectivity index (χ1n) is 6.20. The minimum absolute atomic E-state index is 0.0366. The van der Waals surface area contributed by atoms with Crippen LogP contribution in [0, 0.1) is 12.8 Å². The van der Waals surface area contributed by atoms with E-state index < -0.39 is 0 Å². The fourth-order valence-electron chi connectivity index (χ4n) is 1.69. The molecule has 1 rings (SSSR count). The zero-order chi connectivity index (χ0) is 13.5. The van der Waals surface area contributed by atoms with Crippen LogP contribution in [0.4, 0.5) is 0 Å². The van der Waals surface area contributed by atoms with Crippen LogP contribution < -0.4 is 5.32 Å². The maximum absolute atomic E-state index is 12.0. The van der Waals surface area contributed by atoms with Crippen molar-refractivity contribution in [1.29, 1.82) is 0 Å². The van der Waals surface area contributed by atoms with Gasteiger partial charge in [-0.1, -0.05) is 28.9 Å². The van der Waals surface area contributed by atoms with Gasteiger partial charge in [-0.05, 0) is 43.4 Å². The number of halogens is 1. The molecule has 1 aromatic carbocycles. The van der Waals surface area contributed by atoms with Gasteiger partial charge in [-0.2, -0.15) is 0 Å². The summed E-state index contributed by atoms with van der Waals surface area (Å²) in [6.07, 6.45) is 1.81. The molecular weight excluding hydrogens is 294 g/mol. The van der Waals surface area contributed by atoms with Gasteiger partial charge in [0.2, 0.25) is 0 Å². The van der Waals surface area contributed by atoms with Gasteiger partial charge in [0, 0.05) is 23.2 Å². The second-order valence-electron chi connectivity index (χ2n) is 4.60. The number of aliphatic hydroxyl groups excluding tert-OH is 1. The summed E-state index contributed by atoms with van der Waals surface area (Å²) in [6, 6.07) is 5.61. The molecule has 2 N–H and O–H groups in total. The van der Waals surface area contributed by atoms with Gasteiger partial charge >= 0.3 is 0 Å². The molecule has 0 aliphatic carbocycles. The summed E-state index contributed by atoms with van der Waals surface area (Å²) in [4.78, 5) is 12.0. The van der Waals surface area contributed by atoms with Crippen molar-refractivity contribution in [3.05, 3.63) is 33.8 Å². The summed E-state index contributed by atoms with van der Waals surface area (Å²) in [5.41, 5.74) is 1.67. The monoisotopic (exact) mass is 313 g/mol. The maximum Gasteiger partial charge on any atom is 0.251 e. The predicted octanol–water partition coefficient (Wildman–Crippen LogP) is 2.90. The molecule has 1 amide bonds. The van der Waals surface area contributed by atoms with Crippen molar-refractivity contribution in [3.63, 3.8) is 0 Å². The lowest BCUT2D eigenvalue weighted by molar-refractivity contribution is 0.0951. The van der Waals surface area contributed by atoms with E-state index >= 15 is 0 Å². The number of carbonyl (C=O) groups excluding carboxylic acids is 1. The highest BCUT2D eigenvalue weighted by molar-refractivity contribution is 9.10. The molecule has 0 fully saturated rings. The Hall–Kier alpha value is -0.870. The summed E-state index contributed by atoms with van der Waals surface area (Å²) in [5, 5.41) is 11.8. The first kappa shape index (κ1) is 15.2. The Morgan fingerprint density at radius 2 is 2.22 bits per heavy atom. The highest BCUT2D eigenvalue weighted by Gasteiger charge is 2.10. The number of carbonyl (C=O) groups is 1. The molecule has 3 nitrogen and oxygen atoms in total. The largest absolute Gasteiger partial charge is 0.396 e. The van der Waals surface area contributed by atoms with E-state index in [1.807, 2.05) is 32.0 Å². The summed E-state index contributed by atoms with van der Waals surface area (Å²) < 4.78 is 0.948. The van der Waals surface area contributed by atoms with E-state index in [0.29, 0.717) is 18.0 Å². The van der Waals surface area contributed by atoms with Gasteiger partial charge in [0.05, 0.1) is 0 Å². The molecule has 0 aromatic heterocycles. The average molecular weight is 314 g/mol. The van der Waals surface area contributed by atoms with Crippen molar-refractivity contribution in [3.8, 4) is 0 Å². The second kappa shape index (κ2) is 7.54. The third-order valence-electron chi connectivity index (χ3n) is 2.98. The van der Waals surface area contributed by atoms with Crippen molar-refractivity contribution in [2.24, 2.45) is 5.92 Å². The Bertz CT molecular complexity index is 407. The minimum atomic E-state index is -0.0366. The van der Waals surface area contributed by atoms with Gasteiger partial charge in [0.15, 0.2) is 0 Å². The summed E-state index contributed by atoms with van der Waals surface area (Å²) in [6.45, 7) is 4.78. The Morgan fingerprint density at radius 1 is 1.50 bits per heavy atom. The van der Waals surface area contributed by atoms with Crippen LogP contribution in [0.5, 0.6) is 0 Å². The quantitative estimate of drug-likeness (QED) is 0.793. The van der Waals surface area contributed by atoms with E-state index in [2.05, 4.69) is 21.2 Å². The first-order valence-corrected chi connectivity index (χ1v) is 6.99. The number of nitrogens with one attached hydrogen (secondary N) is 1. The molecule has 0 aliphatic rings. The van der Waals surface area contributed by atoms with Gasteiger partial charge in [-0.3, -0.25) is 4.79 Å². The Morgan fingerprint density at radius 3 is 2.89 bits per heavy atom. The van der Waals surface area contributed by atoms with Gasteiger partial charge in [0.25, 0.3) is 5.91 Å². The fourth-order valence-corrected chi connectivity index (χ4v) is 2.06. The third-order valence-corrected chi connectivity index (χ3v) is 3.84. The maximum atomic E-state index is 12.0. The van der Waals surface area contributed by atoms with Crippen molar-refractivity contribution >= 4 is 21.8 Å². The average Bonchev–Trinajstić information content (AvgIpc) is 2.37. The molecule has 0 heterocycles. The third kappa shape index (κ3) is 4.42. The van der Waals surface area contributed by atoms with Gasteiger partial charge in [0.1, 0.15) is 0 Å². The number of rotatable bonds is 6. The molecule has 1 unspecified atom stereocenters. The number of aliphatic hydroxyl groups is 1. The van der Waals surface area contributed by atoms with Crippen LogP contribution in [0.15, 0.2) is 22.7 Å². The van der Waals surface area contributed by atoms with Crippen LogP contribution in [-0.2, 0) is 0 Å². The zero-order valence-corrected chi connectivity index (χ0v) is 12.5. The lowest BCUT2D eigenvalue weighted by Gasteiger charge is -2.10. The minimum Gasteiger partial charge on any atom is -0.396 e. The number of amides is 1. The van der Waals surface area contributed by atoms with Gasteiger partial charge < -0.3 is 10.4 Å². The zero-order valence-electron chi connectivity index (χ0n) is 10.9. The summed E-state index contributed by atoms with van der Waals surface area (Å²) in [7, 11) is 0. The highest BCUT2D eigenvalue weighted by atomic mass is 79.9. The molecule has 1 aromatic rings. The lowest BCUT2D eigenvalue weighted by atomic mass is 10.1. The normalized spacial score (nSPS) is 12.2. The van der Waals surface area contributed by atoms with E-state index in [0.717, 1.165) is 22.9 Å². The molecular formula is C14H20BrNO2. The van der Waals surface area contributed by atoms with Crippen molar-refractivity contribution in [2.75, 3.05) is 13.2 Å². The van der Waals surface area contributed by atoms with Gasteiger partial charge in [-0.15, -0.1) is 0 Å². The molecule has 4 heteroatoms. The van der Waals surface area contributed by atoms with Crippen LogP contribution in [0.1, 0.15) is 35.7 Å². The summed E-state index contributed by atoms with van der Waals surface area (Å²) in [5.74, 6) is 0.264. The van der Waals surface area contributed by atoms with Crippen LogP contribution in [0.2, 0.25) is 0 Å². The summed E-state index contributed by atoms with van der Waals surface area (Å²) >= 11 is 3.42. The van der Waals surface area contributed by atoms with Gasteiger partial charge in [-0.25, -0.2) is 0 Å². The smallest absolute Gasteiger partial charge is 0.251 e. The van der Waals surface area contributed by atoms with Crippen molar-refractivity contribution in [1.82, 2.24) is 5.32 Å². The SMILES string of the molecule is Cc1c(Br)cccc1C(=O)NCCCC(C)CO. The van der Waals surface area contributed by atoms with E-state index in [-0.39, 0.29) is 12.5 Å². The van der Waals surface area contributed by atoms with E-state index in [1.165, 1.54) is 0 Å². The topological polar surface area (TPSA) is 49.3 Å². The van der Waals surface area contributed by atoms with Crippen molar-refractivity contribution < 1.29 is 9.90 Å². The number of benzene rings is 1. The molecule has 1 atom stereocenters. The van der Waals surface area contributed by atoms with E-state index in [1.54, 1.807) is 0 Å². The lowest BCUT2D eigenvalue weighted by Crippen LogP contribution is -2.25. The molecule has 0 aliphatic heterocycles. The van der Waals surface area contributed by atoms with E-state index in [9.17, 15) is 4.79 Å². The van der Waals surface area contributed by atoms with Crippen LogP contribution >= 0.6 is 15.9 Å². The number of hydrogen-bond acceptors (Lipinski definition) is 2. The molecule has 0 saturated carbocycles. The van der Waals surface area contributed by atoms with Crippen molar-refractivity contribution in [2.45, 2.75) is 26.7 Å². The number of hydrogen-bond donors (Lipinski definition) is 2. The molecule has 0 bridgehead atoms. The van der Waals surface area contributed by atoms with Crippen LogP contribution in [0.3, 0.4) is 0 Å². The molecule has 0 spiro atoms. The van der Waals surface area contributed by atoms with E-state index in [4.69, 9.17) is 5.11 Å². The van der Waals surface area contributed by atoms with Crippen LogP contribution in [0.25, 0.3) is 0 Å². The molecule has 0 radical (unpaired) electrons. The second-order valence-corrected chi connectivity index (χ2v) is 5.45. The Labute approximate surface area is 117 Å². The molecule has 100 valence electrons.